The molecule has 1 aromatic carbocycles. The van der Waals surface area contributed by atoms with Gasteiger partial charge in [0.2, 0.25) is 5.75 Å². The Balaban J connectivity index is 2.87. The Labute approximate surface area is 138 Å². The van der Waals surface area contributed by atoms with Gasteiger partial charge < -0.3 is 27.5 Å². The van der Waals surface area contributed by atoms with Crippen LogP contribution in [-0.2, 0) is 19.7 Å². The van der Waals surface area contributed by atoms with Gasteiger partial charge in [-0.1, -0.05) is 0 Å². The Morgan fingerprint density at radius 3 is 1.87 bits per heavy atom. The number of nitriles is 1. The van der Waals surface area contributed by atoms with Crippen LogP contribution in [0.3, 0.4) is 0 Å². The van der Waals surface area contributed by atoms with Gasteiger partial charge in [-0.2, -0.15) is 0 Å². The van der Waals surface area contributed by atoms with Crippen molar-refractivity contribution < 1.29 is 27.5 Å². The highest BCUT2D eigenvalue weighted by atomic mass is 28.4. The molecule has 0 aliphatic heterocycles. The summed E-state index contributed by atoms with van der Waals surface area (Å²) in [5.74, 6) is 1.18. The van der Waals surface area contributed by atoms with Crippen LogP contribution in [-0.4, -0.2) is 44.4 Å². The molecule has 0 amide bonds. The lowest BCUT2D eigenvalue weighted by molar-refractivity contribution is 0.123. The predicted molar refractivity (Wildman–Crippen MR) is 85.7 cm³/mol. The Kier molecular flexibility index (Phi) is 7.84. The van der Waals surface area contributed by atoms with Gasteiger partial charge in [-0.05, 0) is 30.5 Å². The van der Waals surface area contributed by atoms with E-state index in [1.807, 2.05) is 12.1 Å². The van der Waals surface area contributed by atoms with Crippen LogP contribution in [0.4, 0.5) is 0 Å². The van der Waals surface area contributed by atoms with Gasteiger partial charge >= 0.3 is 8.80 Å². The molecule has 0 aliphatic carbocycles. The minimum atomic E-state index is -2.57. The summed E-state index contributed by atoms with van der Waals surface area (Å²) in [5, 5.41) is 8.72. The molecule has 0 bridgehead atoms. The molecule has 1 aromatic rings. The smallest absolute Gasteiger partial charge is 0.493 e. The minimum absolute atomic E-state index is 0.274. The van der Waals surface area contributed by atoms with Gasteiger partial charge in [0.15, 0.2) is 11.5 Å². The fraction of sp³-hybridized carbons (Fsp3) is 0.533. The fourth-order valence-corrected chi connectivity index (χ4v) is 4.01. The molecule has 0 radical (unpaired) electrons. The second-order valence-electron chi connectivity index (χ2n) is 4.67. The van der Waals surface area contributed by atoms with Crippen LogP contribution in [0.5, 0.6) is 17.2 Å². The summed E-state index contributed by atoms with van der Waals surface area (Å²) < 4.78 is 31.7. The number of nitrogens with zero attached hydrogens (tertiary/aromatic N) is 1. The van der Waals surface area contributed by atoms with E-state index in [0.29, 0.717) is 17.5 Å². The average molecular weight is 341 g/mol. The summed E-state index contributed by atoms with van der Waals surface area (Å²) in [6.07, 6.45) is 3.20. The Bertz CT molecular complexity index is 508. The Hall–Kier alpha value is -1.79. The van der Waals surface area contributed by atoms with E-state index in [1.165, 1.54) is 14.2 Å². The van der Waals surface area contributed by atoms with Gasteiger partial charge in [0, 0.05) is 27.4 Å². The van der Waals surface area contributed by atoms with Gasteiger partial charge in [-0.15, -0.1) is 5.26 Å². The molecule has 128 valence electrons. The summed E-state index contributed by atoms with van der Waals surface area (Å²) in [7, 11) is 5.25. The second kappa shape index (κ2) is 9.37. The van der Waals surface area contributed by atoms with Crippen molar-refractivity contribution in [2.75, 3.05) is 35.5 Å². The Morgan fingerprint density at radius 2 is 1.48 bits per heavy atom. The van der Waals surface area contributed by atoms with E-state index in [9.17, 15) is 0 Å². The molecule has 1 rings (SSSR count). The van der Waals surface area contributed by atoms with E-state index in [1.54, 1.807) is 27.6 Å². The first-order chi connectivity index (χ1) is 11.1. The molecule has 0 heterocycles. The standard InChI is InChI=1S/C15H23NO6Si/c1-17-13-9-12(10-14(18-2)15(13)22-11-16)7-6-8-23(19-3,20-4)21-5/h9-10H,6-8H2,1-5H3. The number of benzene rings is 1. The maximum atomic E-state index is 8.72. The van der Waals surface area contributed by atoms with Crippen molar-refractivity contribution in [3.05, 3.63) is 17.7 Å². The van der Waals surface area contributed by atoms with Gasteiger partial charge in [-0.25, -0.2) is 0 Å². The van der Waals surface area contributed by atoms with E-state index in [2.05, 4.69) is 0 Å². The molecule has 0 atom stereocenters. The van der Waals surface area contributed by atoms with E-state index in [-0.39, 0.29) is 5.75 Å². The monoisotopic (exact) mass is 341 g/mol. The summed E-state index contributed by atoms with van der Waals surface area (Å²) in [6.45, 7) is 0. The van der Waals surface area contributed by atoms with Crippen LogP contribution in [0.15, 0.2) is 12.1 Å². The Morgan fingerprint density at radius 1 is 0.957 bits per heavy atom. The first kappa shape index (κ1) is 19.3. The summed E-state index contributed by atoms with van der Waals surface area (Å²) >= 11 is 0. The molecule has 0 aliphatic rings. The van der Waals surface area contributed by atoms with Crippen molar-refractivity contribution in [1.29, 1.82) is 5.26 Å². The van der Waals surface area contributed by atoms with Crippen LogP contribution in [0.1, 0.15) is 12.0 Å². The van der Waals surface area contributed by atoms with Gasteiger partial charge in [0.1, 0.15) is 0 Å². The molecule has 0 N–H and O–H groups in total. The van der Waals surface area contributed by atoms with Crippen LogP contribution < -0.4 is 14.2 Å². The summed E-state index contributed by atoms with van der Waals surface area (Å²) in [4.78, 5) is 0. The third-order valence-electron chi connectivity index (χ3n) is 3.55. The minimum Gasteiger partial charge on any atom is -0.493 e. The van der Waals surface area contributed by atoms with Crippen LogP contribution >= 0.6 is 0 Å². The topological polar surface area (TPSA) is 79.2 Å². The van der Waals surface area contributed by atoms with Gasteiger partial charge in [-0.3, -0.25) is 0 Å². The lowest BCUT2D eigenvalue weighted by Crippen LogP contribution is -2.42. The quantitative estimate of drug-likeness (QED) is 0.477. The molecule has 0 saturated carbocycles. The number of rotatable bonds is 10. The molecule has 0 saturated heterocycles. The maximum absolute atomic E-state index is 8.72. The molecule has 0 unspecified atom stereocenters. The third-order valence-corrected chi connectivity index (χ3v) is 6.38. The molecule has 7 nitrogen and oxygen atoms in total. The normalized spacial score (nSPS) is 11.0. The zero-order chi connectivity index (χ0) is 17.3. The molecule has 8 heteroatoms. The first-order valence-corrected chi connectivity index (χ1v) is 8.99. The van der Waals surface area contributed by atoms with Crippen LogP contribution in [0.2, 0.25) is 6.04 Å². The summed E-state index contributed by atoms with van der Waals surface area (Å²) in [5.41, 5.74) is 0.996. The average Bonchev–Trinajstić information content (AvgIpc) is 2.60. The predicted octanol–water partition coefficient (Wildman–Crippen LogP) is 2.37. The number of methoxy groups -OCH3 is 2. The largest absolute Gasteiger partial charge is 0.500 e. The highest BCUT2D eigenvalue weighted by Crippen LogP contribution is 2.38. The van der Waals surface area contributed by atoms with Crippen molar-refractivity contribution in [2.24, 2.45) is 0 Å². The van der Waals surface area contributed by atoms with Crippen molar-refractivity contribution in [2.45, 2.75) is 18.9 Å². The summed E-state index contributed by atoms with van der Waals surface area (Å²) in [6, 6.07) is 4.34. The molecule has 0 fully saturated rings. The zero-order valence-corrected chi connectivity index (χ0v) is 15.2. The van der Waals surface area contributed by atoms with Crippen LogP contribution in [0, 0.1) is 11.5 Å². The lowest BCUT2D eigenvalue weighted by atomic mass is 10.1. The molecule has 23 heavy (non-hydrogen) atoms. The number of ether oxygens (including phenoxy) is 3. The van der Waals surface area contributed by atoms with E-state index in [4.69, 9.17) is 32.8 Å². The SMILES string of the molecule is COc1cc(CCC[Si](OC)(OC)OC)cc(OC)c1OC#N. The van der Waals surface area contributed by atoms with Crippen LogP contribution in [0.25, 0.3) is 0 Å². The lowest BCUT2D eigenvalue weighted by Gasteiger charge is -2.24. The van der Waals surface area contributed by atoms with Crippen molar-refractivity contribution in [1.82, 2.24) is 0 Å². The van der Waals surface area contributed by atoms with Crippen molar-refractivity contribution in [3.63, 3.8) is 0 Å². The number of aryl methyl sites for hydroxylation is 1. The molecular formula is C15H23NO6Si. The van der Waals surface area contributed by atoms with Gasteiger partial charge in [0.25, 0.3) is 6.26 Å². The second-order valence-corrected chi connectivity index (χ2v) is 7.76. The zero-order valence-electron chi connectivity index (χ0n) is 14.2. The third kappa shape index (κ3) is 4.84. The number of hydrogen-bond donors (Lipinski definition) is 0. The van der Waals surface area contributed by atoms with E-state index >= 15 is 0 Å². The highest BCUT2D eigenvalue weighted by molar-refractivity contribution is 6.60. The van der Waals surface area contributed by atoms with E-state index < -0.39 is 8.80 Å². The van der Waals surface area contributed by atoms with Gasteiger partial charge in [0.05, 0.1) is 14.2 Å². The number of hydrogen-bond acceptors (Lipinski definition) is 7. The van der Waals surface area contributed by atoms with Crippen molar-refractivity contribution in [3.8, 4) is 23.5 Å². The molecular weight excluding hydrogens is 318 g/mol. The van der Waals surface area contributed by atoms with Crippen molar-refractivity contribution >= 4 is 8.80 Å². The fourth-order valence-electron chi connectivity index (χ4n) is 2.29. The molecule has 0 aromatic heterocycles. The van der Waals surface area contributed by atoms with E-state index in [0.717, 1.165) is 18.4 Å². The molecule has 0 spiro atoms. The first-order valence-electron chi connectivity index (χ1n) is 7.06. The highest BCUT2D eigenvalue weighted by Gasteiger charge is 2.36. The maximum Gasteiger partial charge on any atom is 0.500 e.